The van der Waals surface area contributed by atoms with Crippen LogP contribution < -0.4 is 5.73 Å². The lowest BCUT2D eigenvalue weighted by atomic mass is 10.1. The first-order valence-corrected chi connectivity index (χ1v) is 4.92. The number of halogens is 1. The number of carbonyl (C=O) groups is 1. The van der Waals surface area contributed by atoms with Gasteiger partial charge in [-0.15, -0.1) is 0 Å². The Labute approximate surface area is 97.1 Å². The van der Waals surface area contributed by atoms with Crippen LogP contribution in [0.15, 0.2) is 36.7 Å². The second kappa shape index (κ2) is 4.28. The van der Waals surface area contributed by atoms with Gasteiger partial charge in [0, 0.05) is 10.6 Å². The van der Waals surface area contributed by atoms with Crippen molar-refractivity contribution in [2.75, 3.05) is 0 Å². The Hall–Kier alpha value is -1.94. The molecule has 0 bridgehead atoms. The van der Waals surface area contributed by atoms with Gasteiger partial charge in [0.15, 0.2) is 0 Å². The quantitative estimate of drug-likeness (QED) is 0.861. The topological polar surface area (TPSA) is 68.9 Å². The van der Waals surface area contributed by atoms with E-state index in [9.17, 15) is 4.79 Å². The van der Waals surface area contributed by atoms with Crippen LogP contribution in [0.5, 0.6) is 0 Å². The molecule has 0 aliphatic rings. The van der Waals surface area contributed by atoms with E-state index in [1.165, 1.54) is 12.4 Å². The number of nitrogens with two attached hydrogens (primary N) is 1. The predicted molar refractivity (Wildman–Crippen MR) is 61.0 cm³/mol. The summed E-state index contributed by atoms with van der Waals surface area (Å²) in [7, 11) is 0. The number of carbonyl (C=O) groups excluding carboxylic acids is 1. The molecular formula is C11H8ClN3O. The third kappa shape index (κ3) is 2.17. The Kier molecular flexibility index (Phi) is 2.83. The fourth-order valence-electron chi connectivity index (χ4n) is 1.30. The summed E-state index contributed by atoms with van der Waals surface area (Å²) >= 11 is 5.86. The van der Waals surface area contributed by atoms with Gasteiger partial charge in [-0.05, 0) is 18.2 Å². The molecule has 0 radical (unpaired) electrons. The zero-order valence-corrected chi connectivity index (χ0v) is 8.98. The first kappa shape index (κ1) is 10.6. The number of aromatic nitrogens is 2. The van der Waals surface area contributed by atoms with Gasteiger partial charge in [-0.25, -0.2) is 9.97 Å². The van der Waals surface area contributed by atoms with Crippen LogP contribution >= 0.6 is 11.6 Å². The van der Waals surface area contributed by atoms with Crippen LogP contribution in [0, 0.1) is 0 Å². The van der Waals surface area contributed by atoms with E-state index < -0.39 is 5.91 Å². The molecule has 4 nitrogen and oxygen atoms in total. The molecule has 80 valence electrons. The molecule has 1 heterocycles. The number of primary amides is 1. The average Bonchev–Trinajstić information content (AvgIpc) is 2.29. The van der Waals surface area contributed by atoms with Gasteiger partial charge >= 0.3 is 0 Å². The molecule has 0 saturated carbocycles. The summed E-state index contributed by atoms with van der Waals surface area (Å²) in [5.74, 6) is -0.578. The minimum absolute atomic E-state index is 0.185. The van der Waals surface area contributed by atoms with Crippen molar-refractivity contribution in [1.29, 1.82) is 0 Å². The van der Waals surface area contributed by atoms with Crippen molar-refractivity contribution in [3.8, 4) is 11.3 Å². The summed E-state index contributed by atoms with van der Waals surface area (Å²) in [5, 5.41) is 0.608. The van der Waals surface area contributed by atoms with Crippen molar-refractivity contribution in [2.45, 2.75) is 0 Å². The summed E-state index contributed by atoms with van der Waals surface area (Å²) in [5.41, 5.74) is 6.75. The van der Waals surface area contributed by atoms with Crippen LogP contribution in [-0.2, 0) is 0 Å². The van der Waals surface area contributed by atoms with Crippen molar-refractivity contribution < 1.29 is 4.79 Å². The van der Waals surface area contributed by atoms with E-state index >= 15 is 0 Å². The highest BCUT2D eigenvalue weighted by Crippen LogP contribution is 2.20. The average molecular weight is 234 g/mol. The lowest BCUT2D eigenvalue weighted by Crippen LogP contribution is -2.13. The SMILES string of the molecule is NC(=O)c1cc(-c2cccc(Cl)c2)ncn1. The summed E-state index contributed by atoms with van der Waals surface area (Å²) < 4.78 is 0. The Morgan fingerprint density at radius 1 is 1.25 bits per heavy atom. The summed E-state index contributed by atoms with van der Waals surface area (Å²) in [6.45, 7) is 0. The molecule has 2 aromatic rings. The molecule has 2 N–H and O–H groups in total. The molecule has 0 spiro atoms. The molecule has 0 atom stereocenters. The second-order valence-corrected chi connectivity index (χ2v) is 3.60. The van der Waals surface area contributed by atoms with Gasteiger partial charge in [0.2, 0.25) is 0 Å². The fourth-order valence-corrected chi connectivity index (χ4v) is 1.49. The molecule has 0 fully saturated rings. The van der Waals surface area contributed by atoms with E-state index in [1.807, 2.05) is 12.1 Å². The van der Waals surface area contributed by atoms with E-state index in [0.717, 1.165) is 5.56 Å². The smallest absolute Gasteiger partial charge is 0.267 e. The van der Waals surface area contributed by atoms with E-state index in [2.05, 4.69) is 9.97 Å². The van der Waals surface area contributed by atoms with Crippen molar-refractivity contribution >= 4 is 17.5 Å². The molecule has 0 aliphatic carbocycles. The maximum absolute atomic E-state index is 11.0. The van der Waals surface area contributed by atoms with Crippen LogP contribution in [0.4, 0.5) is 0 Å². The van der Waals surface area contributed by atoms with Gasteiger partial charge < -0.3 is 5.73 Å². The summed E-state index contributed by atoms with van der Waals surface area (Å²) in [6.07, 6.45) is 1.30. The summed E-state index contributed by atoms with van der Waals surface area (Å²) in [4.78, 5) is 18.8. The highest BCUT2D eigenvalue weighted by molar-refractivity contribution is 6.30. The lowest BCUT2D eigenvalue weighted by molar-refractivity contribution is 0.0995. The molecule has 1 aromatic carbocycles. The van der Waals surface area contributed by atoms with Gasteiger partial charge in [-0.3, -0.25) is 4.79 Å². The Morgan fingerprint density at radius 3 is 2.75 bits per heavy atom. The minimum atomic E-state index is -0.578. The van der Waals surface area contributed by atoms with Crippen molar-refractivity contribution in [3.63, 3.8) is 0 Å². The Morgan fingerprint density at radius 2 is 2.06 bits per heavy atom. The van der Waals surface area contributed by atoms with Gasteiger partial charge in [-0.2, -0.15) is 0 Å². The van der Waals surface area contributed by atoms with E-state index in [0.29, 0.717) is 10.7 Å². The number of hydrogen-bond acceptors (Lipinski definition) is 3. The highest BCUT2D eigenvalue weighted by atomic mass is 35.5. The molecule has 1 aromatic heterocycles. The molecule has 16 heavy (non-hydrogen) atoms. The largest absolute Gasteiger partial charge is 0.364 e. The third-order valence-corrected chi connectivity index (χ3v) is 2.28. The van der Waals surface area contributed by atoms with Gasteiger partial charge in [-0.1, -0.05) is 23.7 Å². The minimum Gasteiger partial charge on any atom is -0.364 e. The molecule has 0 unspecified atom stereocenters. The number of rotatable bonds is 2. The first-order valence-electron chi connectivity index (χ1n) is 4.54. The Bertz CT molecular complexity index is 542. The van der Waals surface area contributed by atoms with E-state index in [4.69, 9.17) is 17.3 Å². The van der Waals surface area contributed by atoms with Crippen LogP contribution in [0.2, 0.25) is 5.02 Å². The third-order valence-electron chi connectivity index (χ3n) is 2.04. The monoisotopic (exact) mass is 233 g/mol. The van der Waals surface area contributed by atoms with Gasteiger partial charge in [0.05, 0.1) is 5.69 Å². The zero-order chi connectivity index (χ0) is 11.5. The molecule has 1 amide bonds. The predicted octanol–water partition coefficient (Wildman–Crippen LogP) is 1.90. The van der Waals surface area contributed by atoms with E-state index in [-0.39, 0.29) is 5.69 Å². The first-order chi connectivity index (χ1) is 7.66. The summed E-state index contributed by atoms with van der Waals surface area (Å²) in [6, 6.07) is 8.71. The van der Waals surface area contributed by atoms with Crippen molar-refractivity contribution in [3.05, 3.63) is 47.4 Å². The standard InChI is InChI=1S/C11H8ClN3O/c12-8-3-1-2-7(4-8)9-5-10(11(13)16)15-6-14-9/h1-6H,(H2,13,16). The Balaban J connectivity index is 2.48. The van der Waals surface area contributed by atoms with Crippen LogP contribution in [0.3, 0.4) is 0 Å². The second-order valence-electron chi connectivity index (χ2n) is 3.16. The number of amides is 1. The molecule has 2 rings (SSSR count). The zero-order valence-electron chi connectivity index (χ0n) is 8.22. The van der Waals surface area contributed by atoms with Gasteiger partial charge in [0.25, 0.3) is 5.91 Å². The molecule has 0 saturated heterocycles. The fraction of sp³-hybridized carbons (Fsp3) is 0. The van der Waals surface area contributed by atoms with Crippen LogP contribution in [0.25, 0.3) is 11.3 Å². The van der Waals surface area contributed by atoms with Crippen molar-refractivity contribution in [2.24, 2.45) is 5.73 Å². The maximum atomic E-state index is 11.0. The number of benzene rings is 1. The van der Waals surface area contributed by atoms with Crippen LogP contribution in [0.1, 0.15) is 10.5 Å². The molecule has 0 aliphatic heterocycles. The molecular weight excluding hydrogens is 226 g/mol. The highest BCUT2D eigenvalue weighted by Gasteiger charge is 2.05. The number of nitrogens with zero attached hydrogens (tertiary/aromatic N) is 2. The van der Waals surface area contributed by atoms with Gasteiger partial charge in [0.1, 0.15) is 12.0 Å². The van der Waals surface area contributed by atoms with Crippen molar-refractivity contribution in [1.82, 2.24) is 9.97 Å². The van der Waals surface area contributed by atoms with Crippen LogP contribution in [-0.4, -0.2) is 15.9 Å². The van der Waals surface area contributed by atoms with E-state index in [1.54, 1.807) is 12.1 Å². The maximum Gasteiger partial charge on any atom is 0.267 e. The molecule has 5 heteroatoms. The normalized spacial score (nSPS) is 10.1. The number of hydrogen-bond donors (Lipinski definition) is 1. The lowest BCUT2D eigenvalue weighted by Gasteiger charge is -2.01.